The van der Waals surface area contributed by atoms with Crippen molar-refractivity contribution in [3.63, 3.8) is 0 Å². The molecule has 0 radical (unpaired) electrons. The lowest BCUT2D eigenvalue weighted by Gasteiger charge is -2.40. The van der Waals surface area contributed by atoms with Gasteiger partial charge in [-0.15, -0.1) is 0 Å². The van der Waals surface area contributed by atoms with E-state index < -0.39 is 0 Å². The minimum absolute atomic E-state index is 0.812. The predicted octanol–water partition coefficient (Wildman–Crippen LogP) is 3.48. The Morgan fingerprint density at radius 3 is 2.89 bits per heavy atom. The Morgan fingerprint density at radius 1 is 1.21 bits per heavy atom. The van der Waals surface area contributed by atoms with Crippen molar-refractivity contribution in [2.24, 2.45) is 5.92 Å². The van der Waals surface area contributed by atoms with Crippen LogP contribution in [0.5, 0.6) is 0 Å². The van der Waals surface area contributed by atoms with Crippen LogP contribution in [0.25, 0.3) is 0 Å². The van der Waals surface area contributed by atoms with Crippen LogP contribution in [-0.4, -0.2) is 19.6 Å². The minimum Gasteiger partial charge on any atom is -0.368 e. The van der Waals surface area contributed by atoms with Gasteiger partial charge in [-0.2, -0.15) is 0 Å². The van der Waals surface area contributed by atoms with E-state index in [4.69, 9.17) is 0 Å². The Balaban J connectivity index is 1.91. The van der Waals surface area contributed by atoms with Gasteiger partial charge in [0.2, 0.25) is 0 Å². The molecule has 1 aromatic carbocycles. The molecule has 1 N–H and O–H groups in total. The number of rotatable bonds is 3. The van der Waals surface area contributed by atoms with E-state index in [9.17, 15) is 0 Å². The zero-order valence-electron chi connectivity index (χ0n) is 12.3. The average molecular weight is 258 g/mol. The van der Waals surface area contributed by atoms with Gasteiger partial charge in [0.15, 0.2) is 0 Å². The molecular weight excluding hydrogens is 232 g/mol. The molecule has 2 heteroatoms. The maximum Gasteiger partial charge on any atom is 0.0414 e. The molecule has 0 aromatic heterocycles. The lowest BCUT2D eigenvalue weighted by atomic mass is 9.91. The quantitative estimate of drug-likeness (QED) is 0.893. The molecule has 1 aliphatic carbocycles. The zero-order chi connectivity index (χ0) is 13.2. The number of anilines is 1. The third kappa shape index (κ3) is 2.51. The second-order valence-electron chi connectivity index (χ2n) is 6.26. The van der Waals surface area contributed by atoms with Gasteiger partial charge in [0.25, 0.3) is 0 Å². The second kappa shape index (κ2) is 5.54. The molecule has 3 rings (SSSR count). The number of nitrogens with zero attached hydrogens (tertiary/aromatic N) is 1. The van der Waals surface area contributed by atoms with Crippen LogP contribution in [-0.2, 0) is 6.54 Å². The zero-order valence-corrected chi connectivity index (χ0v) is 12.3. The van der Waals surface area contributed by atoms with Crippen molar-refractivity contribution in [3.05, 3.63) is 29.3 Å². The van der Waals surface area contributed by atoms with Crippen molar-refractivity contribution < 1.29 is 0 Å². The second-order valence-corrected chi connectivity index (χ2v) is 6.26. The smallest absolute Gasteiger partial charge is 0.0414 e. The first-order chi connectivity index (χ1) is 9.29. The molecule has 19 heavy (non-hydrogen) atoms. The van der Waals surface area contributed by atoms with Gasteiger partial charge in [-0.05, 0) is 57.2 Å². The summed E-state index contributed by atoms with van der Waals surface area (Å²) < 4.78 is 0. The van der Waals surface area contributed by atoms with Gasteiger partial charge in [0.05, 0.1) is 0 Å². The van der Waals surface area contributed by atoms with Crippen LogP contribution in [0.3, 0.4) is 0 Å². The Labute approximate surface area is 117 Å². The van der Waals surface area contributed by atoms with E-state index in [1.54, 1.807) is 0 Å². The van der Waals surface area contributed by atoms with Gasteiger partial charge in [-0.1, -0.05) is 24.1 Å². The summed E-state index contributed by atoms with van der Waals surface area (Å²) in [7, 11) is 2.04. The molecular formula is C17H26N2. The average Bonchev–Trinajstić information content (AvgIpc) is 2.88. The Hall–Kier alpha value is -1.02. The third-order valence-corrected chi connectivity index (χ3v) is 4.90. The standard InChI is InChI=1S/C17H26N2/c1-13-8-9-17(15(11-13)12-18-2)19-10-4-6-14-5-3-7-16(14)19/h8-9,11,14,16,18H,3-7,10,12H2,1-2H3. The van der Waals surface area contributed by atoms with E-state index in [0.29, 0.717) is 0 Å². The highest BCUT2D eigenvalue weighted by Gasteiger charge is 2.35. The van der Waals surface area contributed by atoms with Crippen molar-refractivity contribution in [2.75, 3.05) is 18.5 Å². The van der Waals surface area contributed by atoms with Crippen LogP contribution in [0.1, 0.15) is 43.2 Å². The molecule has 2 aliphatic rings. The van der Waals surface area contributed by atoms with Crippen LogP contribution in [0.4, 0.5) is 5.69 Å². The maximum absolute atomic E-state index is 3.32. The Morgan fingerprint density at radius 2 is 2.05 bits per heavy atom. The molecule has 1 aromatic rings. The fourth-order valence-corrected chi connectivity index (χ4v) is 4.08. The highest BCUT2D eigenvalue weighted by atomic mass is 15.2. The van der Waals surface area contributed by atoms with E-state index in [1.807, 2.05) is 7.05 Å². The number of piperidine rings is 1. The van der Waals surface area contributed by atoms with E-state index in [0.717, 1.165) is 18.5 Å². The molecule has 0 spiro atoms. The fraction of sp³-hybridized carbons (Fsp3) is 0.647. The normalized spacial score (nSPS) is 26.5. The van der Waals surface area contributed by atoms with E-state index in [2.05, 4.69) is 35.3 Å². The third-order valence-electron chi connectivity index (χ3n) is 4.90. The van der Waals surface area contributed by atoms with E-state index in [-0.39, 0.29) is 0 Å². The van der Waals surface area contributed by atoms with Gasteiger partial charge in [0, 0.05) is 24.8 Å². The number of hydrogen-bond donors (Lipinski definition) is 1. The maximum atomic E-state index is 3.32. The van der Waals surface area contributed by atoms with Crippen molar-refractivity contribution in [1.29, 1.82) is 0 Å². The molecule has 2 nitrogen and oxygen atoms in total. The first-order valence-electron chi connectivity index (χ1n) is 7.80. The molecule has 1 aliphatic heterocycles. The van der Waals surface area contributed by atoms with Crippen molar-refractivity contribution in [3.8, 4) is 0 Å². The first-order valence-corrected chi connectivity index (χ1v) is 7.80. The van der Waals surface area contributed by atoms with E-state index >= 15 is 0 Å². The molecule has 0 amide bonds. The van der Waals surface area contributed by atoms with Crippen molar-refractivity contribution in [2.45, 2.75) is 51.6 Å². The SMILES string of the molecule is CNCc1cc(C)ccc1N1CCCC2CCCC21. The highest BCUT2D eigenvalue weighted by Crippen LogP contribution is 2.40. The van der Waals surface area contributed by atoms with Crippen LogP contribution in [0.15, 0.2) is 18.2 Å². The Bertz CT molecular complexity index is 441. The van der Waals surface area contributed by atoms with Crippen molar-refractivity contribution >= 4 is 5.69 Å². The highest BCUT2D eigenvalue weighted by molar-refractivity contribution is 5.56. The molecule has 104 valence electrons. The van der Waals surface area contributed by atoms with E-state index in [1.165, 1.54) is 55.5 Å². The first kappa shape index (κ1) is 13.0. The summed E-state index contributed by atoms with van der Waals surface area (Å²) in [6, 6.07) is 7.78. The molecule has 2 unspecified atom stereocenters. The Kier molecular flexibility index (Phi) is 3.79. The molecule has 1 saturated carbocycles. The summed E-state index contributed by atoms with van der Waals surface area (Å²) in [5.41, 5.74) is 4.32. The lowest BCUT2D eigenvalue weighted by molar-refractivity contribution is 0.362. The molecule has 2 atom stereocenters. The van der Waals surface area contributed by atoms with Crippen LogP contribution in [0.2, 0.25) is 0 Å². The number of fused-ring (bicyclic) bond motifs is 1. The molecule has 1 heterocycles. The summed E-state index contributed by atoms with van der Waals surface area (Å²) in [4.78, 5) is 2.72. The largest absolute Gasteiger partial charge is 0.368 e. The fourth-order valence-electron chi connectivity index (χ4n) is 4.08. The summed E-state index contributed by atoms with van der Waals surface area (Å²) >= 11 is 0. The number of benzene rings is 1. The number of hydrogen-bond acceptors (Lipinski definition) is 2. The number of nitrogens with one attached hydrogen (secondary N) is 1. The number of aryl methyl sites for hydroxylation is 1. The topological polar surface area (TPSA) is 15.3 Å². The summed E-state index contributed by atoms with van der Waals surface area (Å²) in [6.07, 6.45) is 7.10. The summed E-state index contributed by atoms with van der Waals surface area (Å²) in [6.45, 7) is 4.42. The predicted molar refractivity (Wildman–Crippen MR) is 81.7 cm³/mol. The summed E-state index contributed by atoms with van der Waals surface area (Å²) in [5, 5.41) is 3.32. The minimum atomic E-state index is 0.812. The van der Waals surface area contributed by atoms with Gasteiger partial charge < -0.3 is 10.2 Å². The lowest BCUT2D eigenvalue weighted by Crippen LogP contribution is -2.43. The van der Waals surface area contributed by atoms with Crippen molar-refractivity contribution in [1.82, 2.24) is 5.32 Å². The summed E-state index contributed by atoms with van der Waals surface area (Å²) in [5.74, 6) is 0.956. The molecule has 2 fully saturated rings. The van der Waals surface area contributed by atoms with Crippen LogP contribution >= 0.6 is 0 Å². The van der Waals surface area contributed by atoms with Crippen LogP contribution < -0.4 is 10.2 Å². The van der Waals surface area contributed by atoms with Gasteiger partial charge >= 0.3 is 0 Å². The van der Waals surface area contributed by atoms with Gasteiger partial charge in [0.1, 0.15) is 0 Å². The molecule has 1 saturated heterocycles. The monoisotopic (exact) mass is 258 g/mol. The van der Waals surface area contributed by atoms with Crippen LogP contribution in [0, 0.1) is 12.8 Å². The van der Waals surface area contributed by atoms with Gasteiger partial charge in [-0.3, -0.25) is 0 Å². The van der Waals surface area contributed by atoms with Gasteiger partial charge in [-0.25, -0.2) is 0 Å². The molecule has 0 bridgehead atoms.